The molecule has 2 atom stereocenters. The zero-order valence-corrected chi connectivity index (χ0v) is 12.1. The molecule has 3 rings (SSSR count). The molecule has 0 bridgehead atoms. The van der Waals surface area contributed by atoms with Crippen LogP contribution in [0.5, 0.6) is 0 Å². The summed E-state index contributed by atoms with van der Waals surface area (Å²) >= 11 is 0. The molecule has 1 fully saturated rings. The number of aliphatic hydroxyl groups is 1. The van der Waals surface area contributed by atoms with E-state index in [0.29, 0.717) is 30.6 Å². The quantitative estimate of drug-likeness (QED) is 0.908. The van der Waals surface area contributed by atoms with Crippen LogP contribution in [0.3, 0.4) is 0 Å². The van der Waals surface area contributed by atoms with Crippen molar-refractivity contribution in [2.45, 2.75) is 31.4 Å². The van der Waals surface area contributed by atoms with Crippen molar-refractivity contribution in [2.24, 2.45) is 0 Å². The van der Waals surface area contributed by atoms with Crippen molar-refractivity contribution in [1.29, 1.82) is 0 Å². The number of aromatic nitrogens is 2. The minimum atomic E-state index is -0.653. The molecule has 2 aromatic rings. The number of amides is 1. The van der Waals surface area contributed by atoms with Crippen LogP contribution in [0.1, 0.15) is 28.9 Å². The Morgan fingerprint density at radius 2 is 2.27 bits per heavy atom. The second-order valence-corrected chi connectivity index (χ2v) is 5.54. The summed E-state index contributed by atoms with van der Waals surface area (Å²) in [5.74, 6) is -0.521. The van der Waals surface area contributed by atoms with Gasteiger partial charge in [-0.2, -0.15) is 0 Å². The second-order valence-electron chi connectivity index (χ2n) is 5.54. The number of likely N-dealkylation sites (tertiary alicyclic amines) is 1. The molecule has 1 saturated heterocycles. The topological polar surface area (TPSA) is 69.2 Å². The molecule has 0 radical (unpaired) electrons. The molecular formula is C16H18FN3O2. The number of rotatable bonds is 3. The maximum atomic E-state index is 13.9. The average Bonchev–Trinajstić information content (AvgIpc) is 3.05. The summed E-state index contributed by atoms with van der Waals surface area (Å²) in [5.41, 5.74) is 0.892. The summed E-state index contributed by atoms with van der Waals surface area (Å²) in [4.78, 5) is 20.8. The fourth-order valence-corrected chi connectivity index (χ4v) is 2.95. The number of hydrogen-bond acceptors (Lipinski definition) is 3. The van der Waals surface area contributed by atoms with Gasteiger partial charge in [-0.1, -0.05) is 18.2 Å². The van der Waals surface area contributed by atoms with Gasteiger partial charge in [0.2, 0.25) is 0 Å². The smallest absolute Gasteiger partial charge is 0.272 e. The third-order valence-corrected chi connectivity index (χ3v) is 4.12. The molecule has 22 heavy (non-hydrogen) atoms. The van der Waals surface area contributed by atoms with Crippen molar-refractivity contribution in [3.8, 4) is 0 Å². The SMILES string of the molecule is O=C(c1cnc[nH]1)N1CCC[C@H](O)[C@@H]1Cc1ccccc1F. The number of benzene rings is 1. The van der Waals surface area contributed by atoms with E-state index < -0.39 is 12.1 Å². The van der Waals surface area contributed by atoms with Gasteiger partial charge in [-0.3, -0.25) is 4.79 Å². The van der Waals surface area contributed by atoms with Crippen molar-refractivity contribution in [2.75, 3.05) is 6.54 Å². The molecule has 116 valence electrons. The summed E-state index contributed by atoms with van der Waals surface area (Å²) in [7, 11) is 0. The van der Waals surface area contributed by atoms with E-state index in [1.54, 1.807) is 23.1 Å². The highest BCUT2D eigenvalue weighted by molar-refractivity contribution is 5.92. The highest BCUT2D eigenvalue weighted by Gasteiger charge is 2.34. The zero-order valence-electron chi connectivity index (χ0n) is 12.1. The third kappa shape index (κ3) is 2.87. The van der Waals surface area contributed by atoms with Gasteiger partial charge in [0, 0.05) is 6.54 Å². The first-order valence-electron chi connectivity index (χ1n) is 7.37. The van der Waals surface area contributed by atoms with Crippen molar-refractivity contribution in [3.05, 3.63) is 53.9 Å². The monoisotopic (exact) mass is 303 g/mol. The Kier molecular flexibility index (Phi) is 4.20. The van der Waals surface area contributed by atoms with Crippen LogP contribution in [-0.4, -0.2) is 44.6 Å². The predicted octanol–water partition coefficient (Wildman–Crippen LogP) is 1.76. The maximum absolute atomic E-state index is 13.9. The summed E-state index contributed by atoms with van der Waals surface area (Å²) in [6.07, 6.45) is 3.90. The number of H-pyrrole nitrogens is 1. The van der Waals surface area contributed by atoms with Crippen molar-refractivity contribution < 1.29 is 14.3 Å². The van der Waals surface area contributed by atoms with Crippen LogP contribution in [0.4, 0.5) is 4.39 Å². The molecule has 0 spiro atoms. The maximum Gasteiger partial charge on any atom is 0.272 e. The normalized spacial score (nSPS) is 21.8. The highest BCUT2D eigenvalue weighted by atomic mass is 19.1. The molecule has 6 heteroatoms. The number of halogens is 1. The van der Waals surface area contributed by atoms with Crippen LogP contribution < -0.4 is 0 Å². The fraction of sp³-hybridized carbons (Fsp3) is 0.375. The fourth-order valence-electron chi connectivity index (χ4n) is 2.95. The number of imidazole rings is 1. The molecule has 5 nitrogen and oxygen atoms in total. The molecule has 2 heterocycles. The number of nitrogens with one attached hydrogen (secondary N) is 1. The number of nitrogens with zero attached hydrogens (tertiary/aromatic N) is 2. The summed E-state index contributed by atoms with van der Waals surface area (Å²) in [6.45, 7) is 0.550. The van der Waals surface area contributed by atoms with E-state index in [1.807, 2.05) is 0 Å². The highest BCUT2D eigenvalue weighted by Crippen LogP contribution is 2.24. The van der Waals surface area contributed by atoms with E-state index in [1.165, 1.54) is 18.6 Å². The number of aliphatic hydroxyl groups excluding tert-OH is 1. The average molecular weight is 303 g/mol. The van der Waals surface area contributed by atoms with Crippen LogP contribution in [-0.2, 0) is 6.42 Å². The lowest BCUT2D eigenvalue weighted by molar-refractivity contribution is 0.0113. The van der Waals surface area contributed by atoms with E-state index >= 15 is 0 Å². The van der Waals surface area contributed by atoms with Gasteiger partial charge in [0.1, 0.15) is 11.5 Å². The van der Waals surface area contributed by atoms with Crippen molar-refractivity contribution in [3.63, 3.8) is 0 Å². The molecular weight excluding hydrogens is 285 g/mol. The van der Waals surface area contributed by atoms with E-state index in [4.69, 9.17) is 0 Å². The van der Waals surface area contributed by atoms with E-state index in [0.717, 1.165) is 6.42 Å². The number of aromatic amines is 1. The van der Waals surface area contributed by atoms with Gasteiger partial charge < -0.3 is 15.0 Å². The second kappa shape index (κ2) is 6.27. The van der Waals surface area contributed by atoms with E-state index in [-0.39, 0.29) is 11.7 Å². The number of carbonyl (C=O) groups excluding carboxylic acids is 1. The molecule has 1 aromatic carbocycles. The largest absolute Gasteiger partial charge is 0.391 e. The van der Waals surface area contributed by atoms with Gasteiger partial charge >= 0.3 is 0 Å². The van der Waals surface area contributed by atoms with Crippen molar-refractivity contribution in [1.82, 2.24) is 14.9 Å². The Morgan fingerprint density at radius 3 is 3.00 bits per heavy atom. The molecule has 1 amide bonds. The lowest BCUT2D eigenvalue weighted by atomic mass is 9.92. The Bertz CT molecular complexity index is 645. The van der Waals surface area contributed by atoms with Crippen molar-refractivity contribution >= 4 is 5.91 Å². The Labute approximate surface area is 127 Å². The van der Waals surface area contributed by atoms with Crippen LogP contribution in [0.15, 0.2) is 36.8 Å². The van der Waals surface area contributed by atoms with E-state index in [2.05, 4.69) is 9.97 Å². The van der Waals surface area contributed by atoms with Crippen LogP contribution in [0.25, 0.3) is 0 Å². The third-order valence-electron chi connectivity index (χ3n) is 4.12. The number of carbonyl (C=O) groups is 1. The van der Waals surface area contributed by atoms with E-state index in [9.17, 15) is 14.3 Å². The van der Waals surface area contributed by atoms with Gasteiger partial charge in [0.05, 0.1) is 24.7 Å². The first-order chi connectivity index (χ1) is 10.7. The first kappa shape index (κ1) is 14.7. The van der Waals surface area contributed by atoms with Gasteiger partial charge in [-0.05, 0) is 30.9 Å². The van der Waals surface area contributed by atoms with Gasteiger partial charge in [-0.15, -0.1) is 0 Å². The summed E-state index contributed by atoms with van der Waals surface area (Å²) < 4.78 is 13.9. The first-order valence-corrected chi connectivity index (χ1v) is 7.37. The molecule has 2 N–H and O–H groups in total. The lowest BCUT2D eigenvalue weighted by Gasteiger charge is -2.39. The number of piperidine rings is 1. The van der Waals surface area contributed by atoms with Gasteiger partial charge in [0.25, 0.3) is 5.91 Å². The lowest BCUT2D eigenvalue weighted by Crippen LogP contribution is -2.52. The molecule has 1 aromatic heterocycles. The molecule has 0 unspecified atom stereocenters. The standard InChI is InChI=1S/C16H18FN3O2/c17-12-5-2-1-4-11(12)8-14-15(21)6-3-7-20(14)16(22)13-9-18-10-19-13/h1-2,4-5,9-10,14-15,21H,3,6-8H2,(H,18,19)/t14-,15-/m0/s1. The molecule has 0 aliphatic carbocycles. The Hall–Kier alpha value is -2.21. The molecule has 1 aliphatic rings. The van der Waals surface area contributed by atoms with Gasteiger partial charge in [-0.25, -0.2) is 9.37 Å². The number of hydrogen-bond donors (Lipinski definition) is 2. The molecule has 1 aliphatic heterocycles. The van der Waals surface area contributed by atoms with Gasteiger partial charge in [0.15, 0.2) is 0 Å². The summed E-state index contributed by atoms with van der Waals surface area (Å²) in [6, 6.07) is 6.04. The Balaban J connectivity index is 1.84. The van der Waals surface area contributed by atoms with Crippen LogP contribution >= 0.6 is 0 Å². The molecule has 0 saturated carbocycles. The predicted molar refractivity (Wildman–Crippen MR) is 78.8 cm³/mol. The minimum Gasteiger partial charge on any atom is -0.391 e. The zero-order chi connectivity index (χ0) is 15.5. The minimum absolute atomic E-state index is 0.211. The summed E-state index contributed by atoms with van der Waals surface area (Å²) in [5, 5.41) is 10.3. The van der Waals surface area contributed by atoms with Crippen LogP contribution in [0.2, 0.25) is 0 Å². The Morgan fingerprint density at radius 1 is 1.45 bits per heavy atom. The van der Waals surface area contributed by atoms with Crippen LogP contribution in [0, 0.1) is 5.82 Å².